The van der Waals surface area contributed by atoms with Gasteiger partial charge in [-0.15, -0.1) is 0 Å². The number of carbonyl (C=O) groups excluding carboxylic acids is 1. The van der Waals surface area contributed by atoms with E-state index < -0.39 is 0 Å². The molecule has 122 valence electrons. The topological polar surface area (TPSA) is 61.4 Å². The molecular formula is C17H32N2O2. The number of nitrogens with one attached hydrogen (secondary N) is 2. The number of amides is 1. The van der Waals surface area contributed by atoms with Crippen LogP contribution in [0, 0.1) is 11.3 Å². The molecule has 2 rings (SSSR count). The molecule has 0 bridgehead atoms. The number of rotatable bonds is 5. The van der Waals surface area contributed by atoms with E-state index in [2.05, 4.69) is 24.5 Å². The summed E-state index contributed by atoms with van der Waals surface area (Å²) in [4.78, 5) is 13.0. The molecule has 1 aliphatic carbocycles. The standard InChI is InChI=1S/C17H32N2O2/c1-3-7-16(8-5-10-18-12-16)15(21)19-17(13-20)9-4-6-14(2)11-17/h14,18,20H,3-13H2,1-2H3,(H,19,21). The molecule has 3 atom stereocenters. The Bertz CT molecular complexity index is 347. The maximum atomic E-state index is 13.0. The lowest BCUT2D eigenvalue weighted by molar-refractivity contribution is -0.136. The minimum Gasteiger partial charge on any atom is -0.394 e. The van der Waals surface area contributed by atoms with Crippen LogP contribution in [0.4, 0.5) is 0 Å². The van der Waals surface area contributed by atoms with Gasteiger partial charge in [-0.25, -0.2) is 0 Å². The van der Waals surface area contributed by atoms with E-state index in [1.807, 2.05) is 0 Å². The smallest absolute Gasteiger partial charge is 0.228 e. The van der Waals surface area contributed by atoms with Crippen LogP contribution in [0.25, 0.3) is 0 Å². The van der Waals surface area contributed by atoms with Crippen molar-refractivity contribution < 1.29 is 9.90 Å². The molecular weight excluding hydrogens is 264 g/mol. The summed E-state index contributed by atoms with van der Waals surface area (Å²) in [7, 11) is 0. The van der Waals surface area contributed by atoms with E-state index in [0.29, 0.717) is 5.92 Å². The third kappa shape index (κ3) is 3.78. The van der Waals surface area contributed by atoms with E-state index in [1.165, 1.54) is 6.42 Å². The first-order chi connectivity index (χ1) is 10.1. The van der Waals surface area contributed by atoms with Crippen LogP contribution in [0.3, 0.4) is 0 Å². The van der Waals surface area contributed by atoms with Gasteiger partial charge in [0.2, 0.25) is 5.91 Å². The van der Waals surface area contributed by atoms with Gasteiger partial charge in [0.25, 0.3) is 0 Å². The first kappa shape index (κ1) is 16.8. The van der Waals surface area contributed by atoms with Crippen LogP contribution < -0.4 is 10.6 Å². The molecule has 0 aromatic heterocycles. The Kier molecular flexibility index (Phi) is 5.67. The van der Waals surface area contributed by atoms with Crippen molar-refractivity contribution in [2.75, 3.05) is 19.7 Å². The van der Waals surface area contributed by atoms with E-state index >= 15 is 0 Å². The molecule has 0 spiro atoms. The van der Waals surface area contributed by atoms with E-state index in [0.717, 1.165) is 58.0 Å². The maximum Gasteiger partial charge on any atom is 0.228 e. The van der Waals surface area contributed by atoms with Crippen LogP contribution in [0.5, 0.6) is 0 Å². The summed E-state index contributed by atoms with van der Waals surface area (Å²) in [5.74, 6) is 0.748. The monoisotopic (exact) mass is 296 g/mol. The van der Waals surface area contributed by atoms with E-state index in [-0.39, 0.29) is 23.5 Å². The second kappa shape index (κ2) is 7.10. The number of aliphatic hydroxyl groups is 1. The fourth-order valence-corrected chi connectivity index (χ4v) is 4.30. The normalized spacial score (nSPS) is 37.2. The largest absolute Gasteiger partial charge is 0.394 e. The second-order valence-corrected chi connectivity index (χ2v) is 7.40. The van der Waals surface area contributed by atoms with Crippen LogP contribution in [-0.2, 0) is 4.79 Å². The molecule has 0 aromatic carbocycles. The predicted molar refractivity (Wildman–Crippen MR) is 85.0 cm³/mol. The minimum atomic E-state index is -0.382. The average molecular weight is 296 g/mol. The van der Waals surface area contributed by atoms with Crippen molar-refractivity contribution in [3.63, 3.8) is 0 Å². The highest BCUT2D eigenvalue weighted by Gasteiger charge is 2.43. The zero-order chi connectivity index (χ0) is 15.3. The lowest BCUT2D eigenvalue weighted by Gasteiger charge is -2.44. The molecule has 1 saturated carbocycles. The predicted octanol–water partition coefficient (Wildman–Crippen LogP) is 2.21. The zero-order valence-electron chi connectivity index (χ0n) is 13.7. The quantitative estimate of drug-likeness (QED) is 0.729. The lowest BCUT2D eigenvalue weighted by atomic mass is 9.73. The average Bonchev–Trinajstić information content (AvgIpc) is 2.48. The molecule has 2 aliphatic rings. The Balaban J connectivity index is 2.09. The van der Waals surface area contributed by atoms with Gasteiger partial charge in [-0.05, 0) is 44.6 Å². The number of hydrogen-bond acceptors (Lipinski definition) is 3. The molecule has 21 heavy (non-hydrogen) atoms. The molecule has 1 aliphatic heterocycles. The number of aliphatic hydroxyl groups excluding tert-OH is 1. The second-order valence-electron chi connectivity index (χ2n) is 7.40. The van der Waals surface area contributed by atoms with Crippen molar-refractivity contribution in [1.82, 2.24) is 10.6 Å². The van der Waals surface area contributed by atoms with Gasteiger partial charge in [0.15, 0.2) is 0 Å². The first-order valence-corrected chi connectivity index (χ1v) is 8.70. The first-order valence-electron chi connectivity index (χ1n) is 8.70. The Morgan fingerprint density at radius 1 is 1.38 bits per heavy atom. The summed E-state index contributed by atoms with van der Waals surface area (Å²) in [6.45, 7) is 6.23. The van der Waals surface area contributed by atoms with Crippen LogP contribution in [0.15, 0.2) is 0 Å². The summed E-state index contributed by atoms with van der Waals surface area (Å²) in [6.07, 6.45) is 8.12. The molecule has 1 saturated heterocycles. The highest BCUT2D eigenvalue weighted by molar-refractivity contribution is 5.83. The number of hydrogen-bond donors (Lipinski definition) is 3. The fraction of sp³-hybridized carbons (Fsp3) is 0.941. The summed E-state index contributed by atoms with van der Waals surface area (Å²) in [6, 6.07) is 0. The van der Waals surface area contributed by atoms with Gasteiger partial charge >= 0.3 is 0 Å². The molecule has 3 unspecified atom stereocenters. The molecule has 1 heterocycles. The van der Waals surface area contributed by atoms with Gasteiger partial charge in [0.05, 0.1) is 17.6 Å². The third-order valence-corrected chi connectivity index (χ3v) is 5.46. The Labute approximate surface area is 129 Å². The fourth-order valence-electron chi connectivity index (χ4n) is 4.30. The number of piperidine rings is 1. The summed E-state index contributed by atoms with van der Waals surface area (Å²) in [5, 5.41) is 16.6. The van der Waals surface area contributed by atoms with E-state index in [9.17, 15) is 9.90 Å². The summed E-state index contributed by atoms with van der Waals surface area (Å²) in [5.41, 5.74) is -0.650. The molecule has 3 N–H and O–H groups in total. The summed E-state index contributed by atoms with van der Waals surface area (Å²) < 4.78 is 0. The molecule has 1 amide bonds. The molecule has 4 heteroatoms. The SMILES string of the molecule is CCCC1(C(=O)NC2(CO)CCCC(C)C2)CCCNC1. The van der Waals surface area contributed by atoms with Gasteiger partial charge in [-0.2, -0.15) is 0 Å². The van der Waals surface area contributed by atoms with Crippen LogP contribution in [-0.4, -0.2) is 36.2 Å². The maximum absolute atomic E-state index is 13.0. The van der Waals surface area contributed by atoms with Crippen molar-refractivity contribution in [3.05, 3.63) is 0 Å². The van der Waals surface area contributed by atoms with Crippen LogP contribution in [0.1, 0.15) is 65.2 Å². The van der Waals surface area contributed by atoms with Gasteiger partial charge in [-0.1, -0.05) is 33.1 Å². The summed E-state index contributed by atoms with van der Waals surface area (Å²) >= 11 is 0. The van der Waals surface area contributed by atoms with Gasteiger partial charge in [0.1, 0.15) is 0 Å². The Morgan fingerprint density at radius 2 is 2.19 bits per heavy atom. The van der Waals surface area contributed by atoms with Crippen molar-refractivity contribution in [2.45, 2.75) is 70.8 Å². The van der Waals surface area contributed by atoms with Gasteiger partial charge < -0.3 is 15.7 Å². The Morgan fingerprint density at radius 3 is 2.76 bits per heavy atom. The lowest BCUT2D eigenvalue weighted by Crippen LogP contribution is -2.60. The van der Waals surface area contributed by atoms with Crippen LogP contribution in [0.2, 0.25) is 0 Å². The highest BCUT2D eigenvalue weighted by atomic mass is 16.3. The van der Waals surface area contributed by atoms with Crippen molar-refractivity contribution in [3.8, 4) is 0 Å². The zero-order valence-corrected chi connectivity index (χ0v) is 13.7. The van der Waals surface area contributed by atoms with Crippen molar-refractivity contribution in [1.29, 1.82) is 0 Å². The minimum absolute atomic E-state index is 0.0682. The molecule has 4 nitrogen and oxygen atoms in total. The molecule has 2 fully saturated rings. The van der Waals surface area contributed by atoms with E-state index in [4.69, 9.17) is 0 Å². The molecule has 0 radical (unpaired) electrons. The van der Waals surface area contributed by atoms with E-state index in [1.54, 1.807) is 0 Å². The Hall–Kier alpha value is -0.610. The van der Waals surface area contributed by atoms with Crippen LogP contribution >= 0.6 is 0 Å². The third-order valence-electron chi connectivity index (χ3n) is 5.46. The van der Waals surface area contributed by atoms with Crippen molar-refractivity contribution in [2.24, 2.45) is 11.3 Å². The van der Waals surface area contributed by atoms with Crippen molar-refractivity contribution >= 4 is 5.91 Å². The van der Waals surface area contributed by atoms with Gasteiger partial charge in [-0.3, -0.25) is 4.79 Å². The highest BCUT2D eigenvalue weighted by Crippen LogP contribution is 2.36. The molecule has 0 aromatic rings. The number of carbonyl (C=O) groups is 1. The van der Waals surface area contributed by atoms with Gasteiger partial charge in [0, 0.05) is 6.54 Å².